The van der Waals surface area contributed by atoms with Crippen molar-refractivity contribution in [2.24, 2.45) is 0 Å². The molecule has 8 heteroatoms. The fraction of sp³-hybridized carbons (Fsp3) is 0.643. The molecule has 5 nitrogen and oxygen atoms in total. The molecule has 0 saturated heterocycles. The van der Waals surface area contributed by atoms with Crippen LogP contribution in [0.5, 0.6) is 0 Å². The standard InChI is InChI=1S/C14H21F3N2O3/c1-4-10(14(15,16)17)22-7-6-18-11-9(3)8-19-12(11)13(20)21-5-2/h8,10,18-19H,4-7H2,1-3H3. The lowest BCUT2D eigenvalue weighted by Gasteiger charge is -2.19. The number of esters is 1. The number of H-pyrrole nitrogens is 1. The van der Waals surface area contributed by atoms with E-state index in [0.717, 1.165) is 5.56 Å². The molecule has 0 fully saturated rings. The van der Waals surface area contributed by atoms with E-state index in [-0.39, 0.29) is 31.9 Å². The Balaban J connectivity index is 2.55. The number of hydrogen-bond acceptors (Lipinski definition) is 4. The Morgan fingerprint density at radius 3 is 2.64 bits per heavy atom. The summed E-state index contributed by atoms with van der Waals surface area (Å²) in [5, 5.41) is 2.91. The van der Waals surface area contributed by atoms with E-state index >= 15 is 0 Å². The molecule has 0 saturated carbocycles. The van der Waals surface area contributed by atoms with Crippen LogP contribution < -0.4 is 5.32 Å². The van der Waals surface area contributed by atoms with Crippen molar-refractivity contribution in [2.75, 3.05) is 25.1 Å². The number of rotatable bonds is 8. The smallest absolute Gasteiger partial charge is 0.414 e. The van der Waals surface area contributed by atoms with E-state index in [1.807, 2.05) is 0 Å². The Labute approximate surface area is 127 Å². The van der Waals surface area contributed by atoms with Crippen molar-refractivity contribution in [1.29, 1.82) is 0 Å². The molecule has 0 aromatic carbocycles. The summed E-state index contributed by atoms with van der Waals surface area (Å²) in [5.41, 5.74) is 1.54. The molecule has 2 N–H and O–H groups in total. The number of ether oxygens (including phenoxy) is 2. The maximum Gasteiger partial charge on any atom is 0.414 e. The van der Waals surface area contributed by atoms with Gasteiger partial charge in [0.2, 0.25) is 0 Å². The van der Waals surface area contributed by atoms with E-state index in [2.05, 4.69) is 10.3 Å². The van der Waals surface area contributed by atoms with Gasteiger partial charge in [0.05, 0.1) is 18.9 Å². The van der Waals surface area contributed by atoms with Gasteiger partial charge in [-0.1, -0.05) is 6.92 Å². The average molecular weight is 322 g/mol. The third-order valence-electron chi connectivity index (χ3n) is 3.02. The van der Waals surface area contributed by atoms with E-state index in [1.54, 1.807) is 20.0 Å². The quantitative estimate of drug-likeness (QED) is 0.569. The molecule has 126 valence electrons. The molecule has 1 rings (SSSR count). The highest BCUT2D eigenvalue weighted by atomic mass is 19.4. The van der Waals surface area contributed by atoms with Gasteiger partial charge in [0.15, 0.2) is 6.10 Å². The third kappa shape index (κ3) is 4.94. The minimum atomic E-state index is -4.37. The molecule has 1 atom stereocenters. The van der Waals surface area contributed by atoms with Gasteiger partial charge in [0, 0.05) is 12.7 Å². The summed E-state index contributed by atoms with van der Waals surface area (Å²) >= 11 is 0. The van der Waals surface area contributed by atoms with Crippen LogP contribution in [0.4, 0.5) is 18.9 Å². The zero-order valence-electron chi connectivity index (χ0n) is 12.8. The van der Waals surface area contributed by atoms with Gasteiger partial charge in [0.25, 0.3) is 0 Å². The maximum atomic E-state index is 12.5. The fourth-order valence-electron chi connectivity index (χ4n) is 1.93. The second kappa shape index (κ2) is 8.07. The number of aryl methyl sites for hydroxylation is 1. The van der Waals surface area contributed by atoms with Crippen LogP contribution in [0, 0.1) is 6.92 Å². The molecule has 0 amide bonds. The first kappa shape index (κ1) is 18.3. The van der Waals surface area contributed by atoms with Crippen LogP contribution in [0.1, 0.15) is 36.3 Å². The summed E-state index contributed by atoms with van der Waals surface area (Å²) in [6, 6.07) is 0. The molecular formula is C14H21F3N2O3. The summed E-state index contributed by atoms with van der Waals surface area (Å²) in [6.07, 6.45) is -4.65. The minimum absolute atomic E-state index is 0.120. The van der Waals surface area contributed by atoms with Gasteiger partial charge in [-0.15, -0.1) is 0 Å². The van der Waals surface area contributed by atoms with Crippen LogP contribution in [0.3, 0.4) is 0 Å². The summed E-state index contributed by atoms with van der Waals surface area (Å²) in [6.45, 7) is 5.15. The topological polar surface area (TPSA) is 63.4 Å². The van der Waals surface area contributed by atoms with Crippen LogP contribution in [0.15, 0.2) is 6.20 Å². The first-order valence-electron chi connectivity index (χ1n) is 7.08. The monoisotopic (exact) mass is 322 g/mol. The number of halogens is 3. The molecular weight excluding hydrogens is 301 g/mol. The number of anilines is 1. The summed E-state index contributed by atoms with van der Waals surface area (Å²) in [7, 11) is 0. The van der Waals surface area contributed by atoms with Gasteiger partial charge in [0.1, 0.15) is 5.69 Å². The van der Waals surface area contributed by atoms with Gasteiger partial charge in [-0.05, 0) is 25.8 Å². The van der Waals surface area contributed by atoms with Gasteiger partial charge < -0.3 is 19.8 Å². The van der Waals surface area contributed by atoms with Crippen LogP contribution >= 0.6 is 0 Å². The third-order valence-corrected chi connectivity index (χ3v) is 3.02. The van der Waals surface area contributed by atoms with Crippen molar-refractivity contribution in [2.45, 2.75) is 39.5 Å². The Morgan fingerprint density at radius 1 is 1.41 bits per heavy atom. The SMILES string of the molecule is CCOC(=O)c1[nH]cc(C)c1NCCOC(CC)C(F)(F)F. The molecule has 1 aromatic heterocycles. The van der Waals surface area contributed by atoms with Crippen molar-refractivity contribution in [3.63, 3.8) is 0 Å². The maximum absolute atomic E-state index is 12.5. The highest BCUT2D eigenvalue weighted by Gasteiger charge is 2.39. The zero-order valence-corrected chi connectivity index (χ0v) is 12.8. The molecule has 1 unspecified atom stereocenters. The van der Waals surface area contributed by atoms with Crippen LogP contribution in [0.2, 0.25) is 0 Å². The summed E-state index contributed by atoms with van der Waals surface area (Å²) in [5.74, 6) is -0.513. The molecule has 0 bridgehead atoms. The summed E-state index contributed by atoms with van der Waals surface area (Å²) in [4.78, 5) is 14.5. The Hall–Kier alpha value is -1.70. The first-order chi connectivity index (χ1) is 10.3. The van der Waals surface area contributed by atoms with Gasteiger partial charge in [-0.25, -0.2) is 4.79 Å². The van der Waals surface area contributed by atoms with E-state index in [1.165, 1.54) is 6.92 Å². The number of aromatic amines is 1. The molecule has 0 spiro atoms. The fourth-order valence-corrected chi connectivity index (χ4v) is 1.93. The van der Waals surface area contributed by atoms with Crippen molar-refractivity contribution < 1.29 is 27.4 Å². The van der Waals surface area contributed by atoms with E-state index in [9.17, 15) is 18.0 Å². The van der Waals surface area contributed by atoms with E-state index in [0.29, 0.717) is 5.69 Å². The highest BCUT2D eigenvalue weighted by Crippen LogP contribution is 2.25. The predicted molar refractivity (Wildman–Crippen MR) is 76.1 cm³/mol. The molecule has 0 aliphatic heterocycles. The Kier molecular flexibility index (Phi) is 6.73. The second-order valence-corrected chi connectivity index (χ2v) is 4.68. The normalized spacial score (nSPS) is 13.0. The van der Waals surface area contributed by atoms with Gasteiger partial charge in [-0.3, -0.25) is 0 Å². The molecule has 22 heavy (non-hydrogen) atoms. The number of carbonyl (C=O) groups is 1. The number of hydrogen-bond donors (Lipinski definition) is 2. The van der Waals surface area contributed by atoms with Crippen molar-refractivity contribution in [3.05, 3.63) is 17.5 Å². The summed E-state index contributed by atoms with van der Waals surface area (Å²) < 4.78 is 47.3. The van der Waals surface area contributed by atoms with Gasteiger partial charge >= 0.3 is 12.1 Å². The van der Waals surface area contributed by atoms with Crippen molar-refractivity contribution in [3.8, 4) is 0 Å². The predicted octanol–water partition coefficient (Wildman–Crippen LogP) is 3.27. The van der Waals surface area contributed by atoms with Crippen LogP contribution in [0.25, 0.3) is 0 Å². The van der Waals surface area contributed by atoms with E-state index in [4.69, 9.17) is 9.47 Å². The van der Waals surface area contributed by atoms with Crippen LogP contribution in [-0.4, -0.2) is 43.0 Å². The zero-order chi connectivity index (χ0) is 16.8. The first-order valence-corrected chi connectivity index (χ1v) is 7.08. The van der Waals surface area contributed by atoms with Crippen LogP contribution in [-0.2, 0) is 9.47 Å². The lowest BCUT2D eigenvalue weighted by Crippen LogP contribution is -2.32. The molecule has 0 aliphatic rings. The molecule has 1 aromatic rings. The molecule has 0 radical (unpaired) electrons. The second-order valence-electron chi connectivity index (χ2n) is 4.68. The average Bonchev–Trinajstić information content (AvgIpc) is 2.79. The number of aromatic nitrogens is 1. The molecule has 0 aliphatic carbocycles. The largest absolute Gasteiger partial charge is 0.461 e. The lowest BCUT2D eigenvalue weighted by molar-refractivity contribution is -0.219. The van der Waals surface area contributed by atoms with Gasteiger partial charge in [-0.2, -0.15) is 13.2 Å². The Bertz CT molecular complexity index is 486. The number of nitrogens with one attached hydrogen (secondary N) is 2. The Morgan fingerprint density at radius 2 is 2.09 bits per heavy atom. The number of carbonyl (C=O) groups excluding carboxylic acids is 1. The highest BCUT2D eigenvalue weighted by molar-refractivity contribution is 5.94. The van der Waals surface area contributed by atoms with E-state index < -0.39 is 18.2 Å². The van der Waals surface area contributed by atoms with Crippen molar-refractivity contribution in [1.82, 2.24) is 4.98 Å². The minimum Gasteiger partial charge on any atom is -0.461 e. The number of alkyl halides is 3. The van der Waals surface area contributed by atoms with Crippen molar-refractivity contribution >= 4 is 11.7 Å². The molecule has 1 heterocycles. The lowest BCUT2D eigenvalue weighted by atomic mass is 10.2.